The van der Waals surface area contributed by atoms with Gasteiger partial charge in [-0.25, -0.2) is 4.79 Å². The number of carbonyl (C=O) groups excluding carboxylic acids is 3. The van der Waals surface area contributed by atoms with E-state index in [0.29, 0.717) is 19.5 Å². The van der Waals surface area contributed by atoms with Crippen LogP contribution in [0.15, 0.2) is 36.4 Å². The van der Waals surface area contributed by atoms with Crippen molar-refractivity contribution in [3.63, 3.8) is 0 Å². The standard InChI is InChI=1S/C19H24N4O3/c24-17-9-8-16(20-19(26)21-17)18(25)23-13-11-22(12-14-23)10-4-7-15-5-2-1-3-6-15/h1-7,16H,8-14H2,(H2,20,21,24,26)/b7-4+/t16-/m1/s1. The summed E-state index contributed by atoms with van der Waals surface area (Å²) in [6, 6.07) is 8.94. The number of urea groups is 1. The molecule has 0 radical (unpaired) electrons. The van der Waals surface area contributed by atoms with Gasteiger partial charge in [0.1, 0.15) is 6.04 Å². The lowest BCUT2D eigenvalue weighted by Crippen LogP contribution is -2.55. The molecule has 0 saturated carbocycles. The molecule has 2 aliphatic rings. The van der Waals surface area contributed by atoms with Crippen molar-refractivity contribution in [3.05, 3.63) is 42.0 Å². The van der Waals surface area contributed by atoms with E-state index in [0.717, 1.165) is 19.6 Å². The Balaban J connectivity index is 1.45. The van der Waals surface area contributed by atoms with Gasteiger partial charge in [-0.3, -0.25) is 19.8 Å². The summed E-state index contributed by atoms with van der Waals surface area (Å²) >= 11 is 0. The van der Waals surface area contributed by atoms with Crippen molar-refractivity contribution in [1.82, 2.24) is 20.4 Å². The quantitative estimate of drug-likeness (QED) is 0.837. The van der Waals surface area contributed by atoms with Gasteiger partial charge in [0.15, 0.2) is 0 Å². The molecule has 0 spiro atoms. The molecule has 0 bridgehead atoms. The lowest BCUT2D eigenvalue weighted by Gasteiger charge is -2.35. The highest BCUT2D eigenvalue weighted by atomic mass is 16.2. The van der Waals surface area contributed by atoms with Gasteiger partial charge < -0.3 is 10.2 Å². The minimum atomic E-state index is -0.619. The maximum Gasteiger partial charge on any atom is 0.322 e. The molecule has 2 N–H and O–H groups in total. The summed E-state index contributed by atoms with van der Waals surface area (Å²) in [5.41, 5.74) is 1.17. The number of nitrogens with one attached hydrogen (secondary N) is 2. The summed E-state index contributed by atoms with van der Waals surface area (Å²) in [6.07, 6.45) is 4.76. The van der Waals surface area contributed by atoms with Gasteiger partial charge in [-0.05, 0) is 12.0 Å². The molecule has 0 aliphatic carbocycles. The molecule has 3 rings (SSSR count). The van der Waals surface area contributed by atoms with Crippen LogP contribution in [0.3, 0.4) is 0 Å². The van der Waals surface area contributed by atoms with E-state index in [1.165, 1.54) is 5.56 Å². The molecule has 7 heteroatoms. The molecule has 7 nitrogen and oxygen atoms in total. The van der Waals surface area contributed by atoms with Crippen LogP contribution in [-0.4, -0.2) is 66.4 Å². The molecule has 2 aliphatic heterocycles. The molecule has 2 fully saturated rings. The molecular weight excluding hydrogens is 332 g/mol. The Hall–Kier alpha value is -2.67. The summed E-state index contributed by atoms with van der Waals surface area (Å²) < 4.78 is 0. The number of carbonyl (C=O) groups is 3. The Morgan fingerprint density at radius 1 is 1.12 bits per heavy atom. The first-order valence-corrected chi connectivity index (χ1v) is 8.95. The molecule has 1 aromatic rings. The Kier molecular flexibility index (Phi) is 6.01. The van der Waals surface area contributed by atoms with Gasteiger partial charge in [-0.2, -0.15) is 0 Å². The number of benzene rings is 1. The molecule has 1 atom stereocenters. The molecule has 1 aromatic carbocycles. The van der Waals surface area contributed by atoms with E-state index >= 15 is 0 Å². The SMILES string of the molecule is O=C1CC[C@H](C(=O)N2CCN(C/C=C/c3ccccc3)CC2)NC(=O)N1. The van der Waals surface area contributed by atoms with Gasteiger partial charge in [0.05, 0.1) is 0 Å². The zero-order chi connectivity index (χ0) is 18.4. The van der Waals surface area contributed by atoms with Crippen molar-refractivity contribution in [2.75, 3.05) is 32.7 Å². The van der Waals surface area contributed by atoms with Gasteiger partial charge >= 0.3 is 6.03 Å². The third-order valence-corrected chi connectivity index (χ3v) is 4.67. The molecule has 26 heavy (non-hydrogen) atoms. The van der Waals surface area contributed by atoms with E-state index in [2.05, 4.69) is 39.8 Å². The summed E-state index contributed by atoms with van der Waals surface area (Å²) in [5, 5.41) is 4.78. The third-order valence-electron chi connectivity index (χ3n) is 4.67. The van der Waals surface area contributed by atoms with Crippen LogP contribution in [0.5, 0.6) is 0 Å². The van der Waals surface area contributed by atoms with Crippen molar-refractivity contribution < 1.29 is 14.4 Å². The number of piperazine rings is 1. The van der Waals surface area contributed by atoms with E-state index in [9.17, 15) is 14.4 Å². The number of imide groups is 1. The summed E-state index contributed by atoms with van der Waals surface area (Å²) in [5.74, 6) is -0.442. The molecule has 4 amide bonds. The van der Waals surface area contributed by atoms with E-state index in [1.807, 2.05) is 18.2 Å². The Morgan fingerprint density at radius 3 is 2.58 bits per heavy atom. The first kappa shape index (κ1) is 18.1. The fourth-order valence-corrected chi connectivity index (χ4v) is 3.19. The van der Waals surface area contributed by atoms with E-state index in [-0.39, 0.29) is 18.2 Å². The summed E-state index contributed by atoms with van der Waals surface area (Å²) in [7, 11) is 0. The summed E-state index contributed by atoms with van der Waals surface area (Å²) in [4.78, 5) is 39.6. The smallest absolute Gasteiger partial charge is 0.322 e. The Morgan fingerprint density at radius 2 is 1.85 bits per heavy atom. The Bertz CT molecular complexity index is 681. The molecule has 0 aromatic heterocycles. The second-order valence-electron chi connectivity index (χ2n) is 6.55. The normalized spacial score (nSPS) is 22.0. The number of rotatable bonds is 4. The van der Waals surface area contributed by atoms with Crippen molar-refractivity contribution in [2.45, 2.75) is 18.9 Å². The van der Waals surface area contributed by atoms with Crippen molar-refractivity contribution >= 4 is 23.9 Å². The van der Waals surface area contributed by atoms with Crippen molar-refractivity contribution in [2.24, 2.45) is 0 Å². The average Bonchev–Trinajstić information content (AvgIpc) is 2.83. The van der Waals surface area contributed by atoms with Crippen LogP contribution in [0.25, 0.3) is 6.08 Å². The average molecular weight is 356 g/mol. The highest BCUT2D eigenvalue weighted by molar-refractivity contribution is 5.98. The second kappa shape index (κ2) is 8.62. The van der Waals surface area contributed by atoms with Crippen molar-refractivity contribution in [1.29, 1.82) is 0 Å². The number of hydrogen-bond acceptors (Lipinski definition) is 4. The van der Waals surface area contributed by atoms with E-state index < -0.39 is 12.1 Å². The minimum Gasteiger partial charge on any atom is -0.338 e. The van der Waals surface area contributed by atoms with Crippen LogP contribution in [0.1, 0.15) is 18.4 Å². The fourth-order valence-electron chi connectivity index (χ4n) is 3.19. The van der Waals surface area contributed by atoms with Gasteiger partial charge in [0.2, 0.25) is 11.8 Å². The highest BCUT2D eigenvalue weighted by Crippen LogP contribution is 2.10. The molecule has 2 heterocycles. The minimum absolute atomic E-state index is 0.102. The van der Waals surface area contributed by atoms with E-state index in [4.69, 9.17) is 0 Å². The lowest BCUT2D eigenvalue weighted by atomic mass is 10.1. The number of amides is 4. The van der Waals surface area contributed by atoms with Gasteiger partial charge in [0, 0.05) is 39.1 Å². The highest BCUT2D eigenvalue weighted by Gasteiger charge is 2.31. The van der Waals surface area contributed by atoms with Crippen LogP contribution in [0.2, 0.25) is 0 Å². The zero-order valence-electron chi connectivity index (χ0n) is 14.7. The van der Waals surface area contributed by atoms with Gasteiger partial charge in [0.25, 0.3) is 0 Å². The number of hydrogen-bond donors (Lipinski definition) is 2. The zero-order valence-corrected chi connectivity index (χ0v) is 14.7. The van der Waals surface area contributed by atoms with Crippen LogP contribution in [0, 0.1) is 0 Å². The van der Waals surface area contributed by atoms with Crippen LogP contribution in [-0.2, 0) is 9.59 Å². The third kappa shape index (κ3) is 4.92. The Labute approximate surface area is 153 Å². The van der Waals surface area contributed by atoms with Gasteiger partial charge in [-0.15, -0.1) is 0 Å². The maximum absolute atomic E-state index is 12.6. The van der Waals surface area contributed by atoms with E-state index in [1.54, 1.807) is 4.90 Å². The molecule has 138 valence electrons. The van der Waals surface area contributed by atoms with Crippen LogP contribution >= 0.6 is 0 Å². The molecular formula is C19H24N4O3. The topological polar surface area (TPSA) is 81.8 Å². The first-order chi connectivity index (χ1) is 12.6. The predicted octanol–water partition coefficient (Wildman–Crippen LogP) is 0.832. The second-order valence-corrected chi connectivity index (χ2v) is 6.55. The number of nitrogens with zero attached hydrogens (tertiary/aromatic N) is 2. The van der Waals surface area contributed by atoms with Crippen molar-refractivity contribution in [3.8, 4) is 0 Å². The van der Waals surface area contributed by atoms with Crippen LogP contribution in [0.4, 0.5) is 4.79 Å². The summed E-state index contributed by atoms with van der Waals surface area (Å²) in [6.45, 7) is 3.69. The largest absolute Gasteiger partial charge is 0.338 e. The van der Waals surface area contributed by atoms with Crippen LogP contribution < -0.4 is 10.6 Å². The molecule has 0 unspecified atom stereocenters. The maximum atomic E-state index is 12.6. The monoisotopic (exact) mass is 356 g/mol. The first-order valence-electron chi connectivity index (χ1n) is 8.95. The predicted molar refractivity (Wildman–Crippen MR) is 98.2 cm³/mol. The fraction of sp³-hybridized carbons (Fsp3) is 0.421. The molecule has 2 saturated heterocycles. The van der Waals surface area contributed by atoms with Gasteiger partial charge in [-0.1, -0.05) is 42.5 Å². The lowest BCUT2D eigenvalue weighted by molar-refractivity contribution is -0.135.